The molecule has 0 saturated heterocycles. The van der Waals surface area contributed by atoms with Crippen molar-refractivity contribution in [1.82, 2.24) is 5.32 Å². The van der Waals surface area contributed by atoms with Crippen LogP contribution in [0.1, 0.15) is 24.2 Å². The maximum Gasteiger partial charge on any atom is 0.251 e. The van der Waals surface area contributed by atoms with Gasteiger partial charge in [-0.2, -0.15) is 0 Å². The molecule has 1 rings (SSSR count). The summed E-state index contributed by atoms with van der Waals surface area (Å²) >= 11 is 0. The first-order valence-electron chi connectivity index (χ1n) is 5.97. The average Bonchev–Trinajstić information content (AvgIpc) is 2.38. The second-order valence-corrected chi connectivity index (χ2v) is 3.70. The quantitative estimate of drug-likeness (QED) is 0.781. The number of aliphatic hydroxyl groups is 1. The maximum atomic E-state index is 11.6. The summed E-state index contributed by atoms with van der Waals surface area (Å²) in [5, 5.41) is 11.2. The van der Waals surface area contributed by atoms with Crippen molar-refractivity contribution in [2.45, 2.75) is 13.8 Å². The summed E-state index contributed by atoms with van der Waals surface area (Å²) < 4.78 is 0. The van der Waals surface area contributed by atoms with E-state index in [1.807, 2.05) is 12.1 Å². The molecule has 0 aliphatic heterocycles. The minimum Gasteiger partial charge on any atom is -0.395 e. The number of benzene rings is 1. The van der Waals surface area contributed by atoms with Gasteiger partial charge in [0, 0.05) is 30.9 Å². The second kappa shape index (κ2) is 6.91. The van der Waals surface area contributed by atoms with Crippen LogP contribution in [0.25, 0.3) is 0 Å². The number of nitrogens with zero attached hydrogens (tertiary/aromatic N) is 1. The third kappa shape index (κ3) is 3.75. The van der Waals surface area contributed by atoms with E-state index in [-0.39, 0.29) is 19.1 Å². The molecule has 0 heterocycles. The molecule has 0 fully saturated rings. The van der Waals surface area contributed by atoms with Gasteiger partial charge in [-0.1, -0.05) is 0 Å². The van der Waals surface area contributed by atoms with Gasteiger partial charge >= 0.3 is 0 Å². The van der Waals surface area contributed by atoms with Gasteiger partial charge in [-0.05, 0) is 38.1 Å². The number of aliphatic hydroxyl groups excluding tert-OH is 1. The number of carbonyl (C=O) groups is 1. The molecule has 0 atom stereocenters. The zero-order valence-electron chi connectivity index (χ0n) is 10.4. The first-order chi connectivity index (χ1) is 8.22. The zero-order valence-corrected chi connectivity index (χ0v) is 10.4. The molecule has 2 N–H and O–H groups in total. The van der Waals surface area contributed by atoms with Crippen molar-refractivity contribution in [2.24, 2.45) is 0 Å². The van der Waals surface area contributed by atoms with Gasteiger partial charge in [0.1, 0.15) is 0 Å². The number of hydrogen-bond acceptors (Lipinski definition) is 3. The highest BCUT2D eigenvalue weighted by Gasteiger charge is 2.06. The van der Waals surface area contributed by atoms with Crippen molar-refractivity contribution >= 4 is 11.6 Å². The number of hydrogen-bond donors (Lipinski definition) is 2. The van der Waals surface area contributed by atoms with Crippen molar-refractivity contribution in [3.63, 3.8) is 0 Å². The molecule has 0 aromatic heterocycles. The smallest absolute Gasteiger partial charge is 0.251 e. The number of amides is 1. The van der Waals surface area contributed by atoms with Gasteiger partial charge in [-0.25, -0.2) is 0 Å². The predicted octanol–water partition coefficient (Wildman–Crippen LogP) is 1.25. The average molecular weight is 236 g/mol. The van der Waals surface area contributed by atoms with E-state index >= 15 is 0 Å². The molecule has 0 aliphatic carbocycles. The molecule has 17 heavy (non-hydrogen) atoms. The largest absolute Gasteiger partial charge is 0.395 e. The Hall–Kier alpha value is -1.55. The number of carbonyl (C=O) groups excluding carboxylic acids is 1. The fourth-order valence-electron chi connectivity index (χ4n) is 1.68. The molecule has 1 aromatic carbocycles. The van der Waals surface area contributed by atoms with Crippen LogP contribution >= 0.6 is 0 Å². The van der Waals surface area contributed by atoms with E-state index in [2.05, 4.69) is 24.1 Å². The molecular weight excluding hydrogens is 216 g/mol. The Bertz CT molecular complexity index is 345. The van der Waals surface area contributed by atoms with Crippen molar-refractivity contribution in [1.29, 1.82) is 0 Å². The highest BCUT2D eigenvalue weighted by atomic mass is 16.3. The molecule has 94 valence electrons. The van der Waals surface area contributed by atoms with Crippen LogP contribution in [-0.2, 0) is 0 Å². The molecule has 0 spiro atoms. The topological polar surface area (TPSA) is 52.6 Å². The molecule has 1 amide bonds. The molecule has 0 radical (unpaired) electrons. The Labute approximate surface area is 102 Å². The van der Waals surface area contributed by atoms with Crippen molar-refractivity contribution in [3.05, 3.63) is 29.8 Å². The minimum atomic E-state index is -0.148. The SMILES string of the molecule is CCN(CC)c1ccc(C(=O)NCCO)cc1. The summed E-state index contributed by atoms with van der Waals surface area (Å²) in [7, 11) is 0. The molecule has 0 aliphatic rings. The lowest BCUT2D eigenvalue weighted by molar-refractivity contribution is 0.0945. The van der Waals surface area contributed by atoms with Gasteiger partial charge in [-0.3, -0.25) is 4.79 Å². The first kappa shape index (κ1) is 13.5. The first-order valence-corrected chi connectivity index (χ1v) is 5.97. The summed E-state index contributed by atoms with van der Waals surface area (Å²) in [6.07, 6.45) is 0. The fourth-order valence-corrected chi connectivity index (χ4v) is 1.68. The van der Waals surface area contributed by atoms with Crippen LogP contribution in [-0.4, -0.2) is 37.3 Å². The normalized spacial score (nSPS) is 10.1. The van der Waals surface area contributed by atoms with Crippen LogP contribution in [0.4, 0.5) is 5.69 Å². The van der Waals surface area contributed by atoms with Crippen molar-refractivity contribution in [2.75, 3.05) is 31.1 Å². The molecule has 4 heteroatoms. The Morgan fingerprint density at radius 1 is 1.24 bits per heavy atom. The lowest BCUT2D eigenvalue weighted by Gasteiger charge is -2.21. The van der Waals surface area contributed by atoms with Crippen LogP contribution < -0.4 is 10.2 Å². The highest BCUT2D eigenvalue weighted by molar-refractivity contribution is 5.94. The van der Waals surface area contributed by atoms with E-state index in [0.29, 0.717) is 5.56 Å². The highest BCUT2D eigenvalue weighted by Crippen LogP contribution is 2.14. The van der Waals surface area contributed by atoms with Crippen LogP contribution in [0.15, 0.2) is 24.3 Å². The van der Waals surface area contributed by atoms with Gasteiger partial charge in [-0.15, -0.1) is 0 Å². The van der Waals surface area contributed by atoms with Crippen LogP contribution in [0.5, 0.6) is 0 Å². The van der Waals surface area contributed by atoms with Crippen molar-refractivity contribution < 1.29 is 9.90 Å². The lowest BCUT2D eigenvalue weighted by Crippen LogP contribution is -2.26. The van der Waals surface area contributed by atoms with E-state index in [1.165, 1.54) is 0 Å². The van der Waals surface area contributed by atoms with Crippen LogP contribution in [0, 0.1) is 0 Å². The van der Waals surface area contributed by atoms with Gasteiger partial charge in [0.25, 0.3) is 5.91 Å². The monoisotopic (exact) mass is 236 g/mol. The number of rotatable bonds is 6. The Kier molecular flexibility index (Phi) is 5.49. The summed E-state index contributed by atoms with van der Waals surface area (Å²) in [6.45, 7) is 6.36. The van der Waals surface area contributed by atoms with E-state index in [4.69, 9.17) is 5.11 Å². The molecular formula is C13H20N2O2. The fraction of sp³-hybridized carbons (Fsp3) is 0.462. The van der Waals surface area contributed by atoms with E-state index < -0.39 is 0 Å². The molecule has 0 bridgehead atoms. The molecule has 4 nitrogen and oxygen atoms in total. The van der Waals surface area contributed by atoms with Crippen LogP contribution in [0.2, 0.25) is 0 Å². The summed E-state index contributed by atoms with van der Waals surface area (Å²) in [4.78, 5) is 13.8. The summed E-state index contributed by atoms with van der Waals surface area (Å²) in [5.41, 5.74) is 1.74. The molecule has 0 saturated carbocycles. The van der Waals surface area contributed by atoms with Gasteiger partial charge in [0.05, 0.1) is 6.61 Å². The summed E-state index contributed by atoms with van der Waals surface area (Å²) in [6, 6.07) is 7.50. The predicted molar refractivity (Wildman–Crippen MR) is 69.4 cm³/mol. The van der Waals surface area contributed by atoms with E-state index in [0.717, 1.165) is 18.8 Å². The zero-order chi connectivity index (χ0) is 12.7. The van der Waals surface area contributed by atoms with Gasteiger partial charge in [0.15, 0.2) is 0 Å². The molecule has 0 unspecified atom stereocenters. The number of anilines is 1. The van der Waals surface area contributed by atoms with Crippen LogP contribution in [0.3, 0.4) is 0 Å². The van der Waals surface area contributed by atoms with Gasteiger partial charge in [0.2, 0.25) is 0 Å². The Morgan fingerprint density at radius 3 is 2.29 bits per heavy atom. The van der Waals surface area contributed by atoms with Gasteiger partial charge < -0.3 is 15.3 Å². The third-order valence-corrected chi connectivity index (χ3v) is 2.66. The maximum absolute atomic E-state index is 11.6. The van der Waals surface area contributed by atoms with E-state index in [9.17, 15) is 4.79 Å². The molecule has 1 aromatic rings. The number of nitrogens with one attached hydrogen (secondary N) is 1. The van der Waals surface area contributed by atoms with Crippen molar-refractivity contribution in [3.8, 4) is 0 Å². The Morgan fingerprint density at radius 2 is 1.82 bits per heavy atom. The Balaban J connectivity index is 2.70. The third-order valence-electron chi connectivity index (χ3n) is 2.66. The van der Waals surface area contributed by atoms with E-state index in [1.54, 1.807) is 12.1 Å². The lowest BCUT2D eigenvalue weighted by atomic mass is 10.2. The minimum absolute atomic E-state index is 0.0384. The second-order valence-electron chi connectivity index (χ2n) is 3.70. The standard InChI is InChI=1S/C13H20N2O2/c1-3-15(4-2)12-7-5-11(6-8-12)13(17)14-9-10-16/h5-8,16H,3-4,9-10H2,1-2H3,(H,14,17). The summed E-state index contributed by atoms with van der Waals surface area (Å²) in [5.74, 6) is -0.148.